The van der Waals surface area contributed by atoms with Crippen LogP contribution in [0, 0.1) is 0 Å². The van der Waals surface area contributed by atoms with Crippen LogP contribution in [0.2, 0.25) is 5.02 Å². The summed E-state index contributed by atoms with van der Waals surface area (Å²) in [6, 6.07) is 7.27. The van der Waals surface area contributed by atoms with Crippen LogP contribution in [-0.4, -0.2) is 17.3 Å². The quantitative estimate of drug-likeness (QED) is 0.764. The highest BCUT2D eigenvalue weighted by atomic mass is 79.9. The molecule has 0 fully saturated rings. The van der Waals surface area contributed by atoms with Gasteiger partial charge in [-0.2, -0.15) is 0 Å². The predicted octanol–water partition coefficient (Wildman–Crippen LogP) is 3.48. The van der Waals surface area contributed by atoms with Crippen molar-refractivity contribution in [2.75, 3.05) is 11.9 Å². The molecule has 1 amide bonds. The second-order valence-electron chi connectivity index (χ2n) is 3.79. The highest BCUT2D eigenvalue weighted by molar-refractivity contribution is 9.10. The zero-order valence-corrected chi connectivity index (χ0v) is 11.3. The van der Waals surface area contributed by atoms with Crippen LogP contribution in [0.5, 0.6) is 0 Å². The maximum absolute atomic E-state index is 11.9. The first-order chi connectivity index (χ1) is 6.84. The summed E-state index contributed by atoms with van der Waals surface area (Å²) < 4.78 is -0.582. The van der Waals surface area contributed by atoms with Gasteiger partial charge < -0.3 is 4.90 Å². The van der Waals surface area contributed by atoms with Crippen molar-refractivity contribution in [2.45, 2.75) is 18.2 Å². The van der Waals surface area contributed by atoms with E-state index >= 15 is 0 Å². The summed E-state index contributed by atoms with van der Waals surface area (Å²) in [4.78, 5) is 13.5. The number of amides is 1. The smallest absolute Gasteiger partial charge is 0.243 e. The predicted molar refractivity (Wildman–Crippen MR) is 67.9 cm³/mol. The number of hydrogen-bond donors (Lipinski definition) is 0. The lowest BCUT2D eigenvalue weighted by Gasteiger charge is -2.25. The van der Waals surface area contributed by atoms with Gasteiger partial charge in [0, 0.05) is 7.05 Å². The molecule has 0 unspecified atom stereocenters. The zero-order chi connectivity index (χ0) is 11.6. The van der Waals surface area contributed by atoms with Crippen LogP contribution >= 0.6 is 27.5 Å². The number of para-hydroxylation sites is 1. The lowest BCUT2D eigenvalue weighted by atomic mass is 10.2. The zero-order valence-electron chi connectivity index (χ0n) is 8.92. The number of alkyl halides is 1. The Balaban J connectivity index is 3.01. The SMILES string of the molecule is CN(C(=O)C(C)(C)Br)c1ccccc1Cl. The number of nitrogens with zero attached hydrogens (tertiary/aromatic N) is 1. The molecule has 0 radical (unpaired) electrons. The van der Waals surface area contributed by atoms with Crippen LogP contribution in [0.25, 0.3) is 0 Å². The Hall–Kier alpha value is -0.540. The van der Waals surface area contributed by atoms with E-state index in [1.807, 2.05) is 32.0 Å². The number of carbonyl (C=O) groups is 1. The third-order valence-electron chi connectivity index (χ3n) is 2.03. The van der Waals surface area contributed by atoms with Crippen molar-refractivity contribution in [1.29, 1.82) is 0 Å². The summed E-state index contributed by atoms with van der Waals surface area (Å²) in [6.45, 7) is 3.62. The first kappa shape index (κ1) is 12.5. The van der Waals surface area contributed by atoms with Crippen molar-refractivity contribution < 1.29 is 4.79 Å². The lowest BCUT2D eigenvalue weighted by molar-refractivity contribution is -0.119. The minimum absolute atomic E-state index is 0.0319. The Morgan fingerprint density at radius 2 is 1.93 bits per heavy atom. The van der Waals surface area contributed by atoms with Crippen LogP contribution in [0.15, 0.2) is 24.3 Å². The molecule has 4 heteroatoms. The average molecular weight is 291 g/mol. The molecule has 0 spiro atoms. The molecule has 82 valence electrons. The molecule has 0 aliphatic heterocycles. The largest absolute Gasteiger partial charge is 0.313 e. The van der Waals surface area contributed by atoms with Crippen LogP contribution in [0.1, 0.15) is 13.8 Å². The molecule has 0 N–H and O–H groups in total. The van der Waals surface area contributed by atoms with E-state index in [-0.39, 0.29) is 5.91 Å². The van der Waals surface area contributed by atoms with E-state index in [0.717, 1.165) is 5.69 Å². The minimum atomic E-state index is -0.582. The molecule has 0 heterocycles. The van der Waals surface area contributed by atoms with E-state index in [4.69, 9.17) is 11.6 Å². The maximum atomic E-state index is 11.9. The van der Waals surface area contributed by atoms with E-state index in [1.165, 1.54) is 0 Å². The Bertz CT molecular complexity index is 373. The summed E-state index contributed by atoms with van der Waals surface area (Å²) in [5.41, 5.74) is 0.719. The number of hydrogen-bond acceptors (Lipinski definition) is 1. The van der Waals surface area contributed by atoms with Crippen molar-refractivity contribution >= 4 is 39.1 Å². The molecule has 0 saturated carbocycles. The van der Waals surface area contributed by atoms with Gasteiger partial charge in [-0.15, -0.1) is 0 Å². The molecule has 1 rings (SSSR count). The maximum Gasteiger partial charge on any atom is 0.243 e. The third-order valence-corrected chi connectivity index (χ3v) is 2.69. The van der Waals surface area contributed by atoms with Gasteiger partial charge in [0.2, 0.25) is 5.91 Å². The van der Waals surface area contributed by atoms with E-state index < -0.39 is 4.32 Å². The summed E-state index contributed by atoms with van der Waals surface area (Å²) in [7, 11) is 1.71. The molecule has 0 atom stereocenters. The van der Waals surface area contributed by atoms with Crippen molar-refractivity contribution in [2.24, 2.45) is 0 Å². The molecular weight excluding hydrogens is 277 g/mol. The molecule has 0 saturated heterocycles. The number of halogens is 2. The van der Waals surface area contributed by atoms with Gasteiger partial charge in [0.05, 0.1) is 15.0 Å². The van der Waals surface area contributed by atoms with Crippen molar-refractivity contribution in [3.05, 3.63) is 29.3 Å². The fraction of sp³-hybridized carbons (Fsp3) is 0.364. The molecule has 0 aromatic heterocycles. The lowest BCUT2D eigenvalue weighted by Crippen LogP contribution is -2.39. The van der Waals surface area contributed by atoms with Gasteiger partial charge >= 0.3 is 0 Å². The van der Waals surface area contributed by atoms with Crippen LogP contribution in [0.4, 0.5) is 5.69 Å². The van der Waals surface area contributed by atoms with Crippen LogP contribution < -0.4 is 4.90 Å². The van der Waals surface area contributed by atoms with Gasteiger partial charge in [-0.1, -0.05) is 39.7 Å². The second-order valence-corrected chi connectivity index (χ2v) is 6.18. The van der Waals surface area contributed by atoms with E-state index in [9.17, 15) is 4.79 Å². The number of anilines is 1. The Kier molecular flexibility index (Phi) is 3.79. The molecule has 0 aliphatic rings. The van der Waals surface area contributed by atoms with Gasteiger partial charge in [0.1, 0.15) is 0 Å². The van der Waals surface area contributed by atoms with E-state index in [2.05, 4.69) is 15.9 Å². The molecule has 0 bridgehead atoms. The van der Waals surface area contributed by atoms with E-state index in [0.29, 0.717) is 5.02 Å². The normalized spacial score (nSPS) is 11.3. The fourth-order valence-electron chi connectivity index (χ4n) is 1.23. The van der Waals surface area contributed by atoms with Crippen LogP contribution in [-0.2, 0) is 4.79 Å². The number of benzene rings is 1. The highest BCUT2D eigenvalue weighted by Gasteiger charge is 2.28. The second kappa shape index (κ2) is 4.54. The van der Waals surface area contributed by atoms with Gasteiger partial charge in [-0.25, -0.2) is 0 Å². The van der Waals surface area contributed by atoms with Crippen molar-refractivity contribution in [3.63, 3.8) is 0 Å². The molecule has 1 aromatic rings. The number of rotatable bonds is 2. The Morgan fingerprint density at radius 3 is 2.40 bits per heavy atom. The first-order valence-corrected chi connectivity index (χ1v) is 5.72. The van der Waals surface area contributed by atoms with Crippen molar-refractivity contribution in [1.82, 2.24) is 0 Å². The van der Waals surface area contributed by atoms with Crippen molar-refractivity contribution in [3.8, 4) is 0 Å². The van der Waals surface area contributed by atoms with E-state index in [1.54, 1.807) is 18.0 Å². The third kappa shape index (κ3) is 2.95. The Labute approximate surface area is 103 Å². The fourth-order valence-corrected chi connectivity index (χ4v) is 1.76. The average Bonchev–Trinajstić information content (AvgIpc) is 2.15. The van der Waals surface area contributed by atoms with Gasteiger partial charge in [-0.3, -0.25) is 4.79 Å². The first-order valence-electron chi connectivity index (χ1n) is 4.55. The molecule has 15 heavy (non-hydrogen) atoms. The Morgan fingerprint density at radius 1 is 1.40 bits per heavy atom. The minimum Gasteiger partial charge on any atom is -0.313 e. The standard InChI is InChI=1S/C11H13BrClNO/c1-11(2,12)10(15)14(3)9-7-5-4-6-8(9)13/h4-7H,1-3H3. The summed E-state index contributed by atoms with van der Waals surface area (Å²) in [6.07, 6.45) is 0. The highest BCUT2D eigenvalue weighted by Crippen LogP contribution is 2.28. The summed E-state index contributed by atoms with van der Waals surface area (Å²) in [5.74, 6) is -0.0319. The van der Waals surface area contributed by atoms with Crippen LogP contribution in [0.3, 0.4) is 0 Å². The summed E-state index contributed by atoms with van der Waals surface area (Å²) >= 11 is 9.34. The van der Waals surface area contributed by atoms with Gasteiger partial charge in [0.25, 0.3) is 0 Å². The number of carbonyl (C=O) groups excluding carboxylic acids is 1. The molecular formula is C11H13BrClNO. The monoisotopic (exact) mass is 289 g/mol. The topological polar surface area (TPSA) is 20.3 Å². The molecule has 1 aromatic carbocycles. The van der Waals surface area contributed by atoms with Gasteiger partial charge in [-0.05, 0) is 26.0 Å². The molecule has 2 nitrogen and oxygen atoms in total. The van der Waals surface area contributed by atoms with Gasteiger partial charge in [0.15, 0.2) is 0 Å². The molecule has 0 aliphatic carbocycles. The summed E-state index contributed by atoms with van der Waals surface area (Å²) in [5, 5.41) is 0.574.